The van der Waals surface area contributed by atoms with E-state index in [1.54, 1.807) is 24.3 Å². The summed E-state index contributed by atoms with van der Waals surface area (Å²) in [6, 6.07) is 14.1. The van der Waals surface area contributed by atoms with E-state index < -0.39 is 9.85 Å². The van der Waals surface area contributed by atoms with Crippen molar-refractivity contribution in [2.75, 3.05) is 10.9 Å². The van der Waals surface area contributed by atoms with E-state index in [2.05, 4.69) is 31.3 Å². The highest BCUT2D eigenvalue weighted by molar-refractivity contribution is 5.98. The Morgan fingerprint density at radius 1 is 0.722 bits per heavy atom. The smallest absolute Gasteiger partial charge is 0.270 e. The number of aromatic hydroxyl groups is 2. The van der Waals surface area contributed by atoms with Gasteiger partial charge in [-0.15, -0.1) is 10.2 Å². The molecule has 1 aromatic heterocycles. The number of hydrogen-bond acceptors (Lipinski definition) is 12. The number of phenolic OH excluding ortho intramolecular Hbond substituents is 2. The summed E-state index contributed by atoms with van der Waals surface area (Å²) in [5.41, 5.74) is 5.26. The molecule has 36 heavy (non-hydrogen) atoms. The highest BCUT2D eigenvalue weighted by atomic mass is 16.6. The van der Waals surface area contributed by atoms with Crippen molar-refractivity contribution in [2.24, 2.45) is 10.2 Å². The van der Waals surface area contributed by atoms with E-state index in [4.69, 9.17) is 0 Å². The Hall–Kier alpha value is -5.66. The molecule has 4 aromatic rings. The van der Waals surface area contributed by atoms with Gasteiger partial charge < -0.3 is 10.2 Å². The van der Waals surface area contributed by atoms with Crippen LogP contribution in [0.4, 0.5) is 23.0 Å². The number of nitrogens with zero attached hydrogens (tertiary/aromatic N) is 6. The lowest BCUT2D eigenvalue weighted by Crippen LogP contribution is -2.02. The number of aromatic nitrogens is 2. The number of nitro benzene ring substituents is 2. The molecule has 4 rings (SSSR count). The van der Waals surface area contributed by atoms with Crippen molar-refractivity contribution in [3.8, 4) is 11.5 Å². The molecule has 14 nitrogen and oxygen atoms in total. The van der Waals surface area contributed by atoms with Gasteiger partial charge in [0, 0.05) is 46.2 Å². The summed E-state index contributed by atoms with van der Waals surface area (Å²) in [6.45, 7) is 0. The van der Waals surface area contributed by atoms with E-state index >= 15 is 0 Å². The first-order valence-electron chi connectivity index (χ1n) is 10.1. The van der Waals surface area contributed by atoms with Crippen molar-refractivity contribution in [3.63, 3.8) is 0 Å². The minimum Gasteiger partial charge on any atom is -0.507 e. The monoisotopic (exact) mass is 488 g/mol. The molecule has 0 saturated heterocycles. The Balaban J connectivity index is 1.56. The number of benzene rings is 3. The van der Waals surface area contributed by atoms with Crippen molar-refractivity contribution in [2.45, 2.75) is 0 Å². The predicted molar refractivity (Wildman–Crippen MR) is 131 cm³/mol. The third-order valence-corrected chi connectivity index (χ3v) is 4.88. The van der Waals surface area contributed by atoms with Gasteiger partial charge in [-0.1, -0.05) is 24.3 Å². The lowest BCUT2D eigenvalue weighted by atomic mass is 10.2. The fourth-order valence-electron chi connectivity index (χ4n) is 3.11. The highest BCUT2D eigenvalue weighted by Gasteiger charge is 2.11. The van der Waals surface area contributed by atoms with Crippen molar-refractivity contribution in [1.82, 2.24) is 10.2 Å². The first-order chi connectivity index (χ1) is 17.3. The number of fused-ring (bicyclic) bond motifs is 1. The molecule has 0 aliphatic carbocycles. The third-order valence-electron chi connectivity index (χ3n) is 4.88. The molecule has 4 N–H and O–H groups in total. The maximum atomic E-state index is 10.9. The Morgan fingerprint density at radius 2 is 1.14 bits per heavy atom. The molecule has 0 bridgehead atoms. The van der Waals surface area contributed by atoms with Gasteiger partial charge in [-0.05, 0) is 12.1 Å². The molecule has 0 fully saturated rings. The Labute approximate surface area is 201 Å². The Morgan fingerprint density at radius 3 is 1.53 bits per heavy atom. The number of nitrogens with one attached hydrogen (secondary N) is 2. The standard InChI is InChI=1S/C22H16N8O6/c31-19-7-5-15(29(33)34)9-13(19)11-23-25-21-17-3-1-2-4-18(17)22(28-27-21)26-24-12-14-10-16(30(35)36)6-8-20(14)32/h1-12,31-32H,(H,25,27)(H,26,28)/b23-11-,24-12-. The molecule has 0 amide bonds. The van der Waals surface area contributed by atoms with Gasteiger partial charge in [0.25, 0.3) is 11.4 Å². The van der Waals surface area contributed by atoms with E-state index in [1.807, 2.05) is 0 Å². The molecule has 0 saturated carbocycles. The van der Waals surface area contributed by atoms with Crippen LogP contribution in [0.2, 0.25) is 0 Å². The zero-order valence-electron chi connectivity index (χ0n) is 18.1. The maximum absolute atomic E-state index is 10.9. The van der Waals surface area contributed by atoms with Crippen molar-refractivity contribution in [3.05, 3.63) is 92.0 Å². The van der Waals surface area contributed by atoms with Crippen LogP contribution in [0, 0.1) is 20.2 Å². The topological polar surface area (TPSA) is 201 Å². The molecule has 0 aliphatic heterocycles. The van der Waals surface area contributed by atoms with Crippen molar-refractivity contribution >= 4 is 46.2 Å². The fourth-order valence-corrected chi connectivity index (χ4v) is 3.11. The lowest BCUT2D eigenvalue weighted by molar-refractivity contribution is -0.385. The quantitative estimate of drug-likeness (QED) is 0.161. The fraction of sp³-hybridized carbons (Fsp3) is 0. The van der Waals surface area contributed by atoms with Gasteiger partial charge in [0.05, 0.1) is 22.3 Å². The molecule has 0 aliphatic rings. The molecule has 1 heterocycles. The normalized spacial score (nSPS) is 11.2. The van der Waals surface area contributed by atoms with Crippen LogP contribution >= 0.6 is 0 Å². The summed E-state index contributed by atoms with van der Waals surface area (Å²) in [5.74, 6) is 0.152. The van der Waals surface area contributed by atoms with Crippen LogP contribution in [0.15, 0.2) is 70.9 Å². The van der Waals surface area contributed by atoms with Gasteiger partial charge in [0.15, 0.2) is 11.6 Å². The van der Waals surface area contributed by atoms with Crippen LogP contribution in [-0.2, 0) is 0 Å². The molecular formula is C22H16N8O6. The predicted octanol–water partition coefficient (Wildman–Crippen LogP) is 3.75. The zero-order chi connectivity index (χ0) is 25.7. The van der Waals surface area contributed by atoms with Crippen molar-refractivity contribution in [1.29, 1.82) is 0 Å². The van der Waals surface area contributed by atoms with Gasteiger partial charge in [-0.3, -0.25) is 31.1 Å². The summed E-state index contributed by atoms with van der Waals surface area (Å²) < 4.78 is 0. The molecule has 180 valence electrons. The number of hydrogen-bond donors (Lipinski definition) is 4. The summed E-state index contributed by atoms with van der Waals surface area (Å²) >= 11 is 0. The first kappa shape index (κ1) is 23.5. The van der Waals surface area contributed by atoms with Gasteiger partial charge >= 0.3 is 0 Å². The summed E-state index contributed by atoms with van der Waals surface area (Å²) in [5, 5.41) is 59.0. The molecular weight excluding hydrogens is 472 g/mol. The third kappa shape index (κ3) is 5.12. The minimum atomic E-state index is -0.586. The molecule has 0 spiro atoms. The lowest BCUT2D eigenvalue weighted by Gasteiger charge is -2.08. The summed E-state index contributed by atoms with van der Waals surface area (Å²) in [7, 11) is 0. The number of hydrazone groups is 2. The SMILES string of the molecule is O=[N+]([O-])c1ccc(O)c(/C=N\Nc2nnc(N/N=C\c3cc([N+](=O)[O-])ccc3O)c3ccccc23)c1. The van der Waals surface area contributed by atoms with E-state index in [0.717, 1.165) is 0 Å². The van der Waals surface area contributed by atoms with E-state index in [1.165, 1.54) is 48.8 Å². The second kappa shape index (κ2) is 10.1. The van der Waals surface area contributed by atoms with Gasteiger partial charge in [-0.2, -0.15) is 10.2 Å². The second-order valence-corrected chi connectivity index (χ2v) is 7.18. The van der Waals surface area contributed by atoms with E-state index in [9.17, 15) is 30.4 Å². The number of phenols is 2. The Bertz CT molecular complexity index is 1420. The molecule has 0 atom stereocenters. The largest absolute Gasteiger partial charge is 0.507 e. The summed E-state index contributed by atoms with van der Waals surface area (Å²) in [4.78, 5) is 20.7. The average Bonchev–Trinajstić information content (AvgIpc) is 2.86. The zero-order valence-corrected chi connectivity index (χ0v) is 18.1. The first-order valence-corrected chi connectivity index (χ1v) is 10.1. The van der Waals surface area contributed by atoms with Gasteiger partial charge in [0.1, 0.15) is 11.5 Å². The number of non-ortho nitro benzene ring substituents is 2. The number of nitro groups is 2. The van der Waals surface area contributed by atoms with Crippen LogP contribution in [-0.4, -0.2) is 42.7 Å². The summed E-state index contributed by atoms with van der Waals surface area (Å²) in [6.07, 6.45) is 2.42. The number of anilines is 2. The van der Waals surface area contributed by atoms with Crippen LogP contribution in [0.1, 0.15) is 11.1 Å². The second-order valence-electron chi connectivity index (χ2n) is 7.18. The van der Waals surface area contributed by atoms with Crippen LogP contribution in [0.5, 0.6) is 11.5 Å². The van der Waals surface area contributed by atoms with Gasteiger partial charge in [0.2, 0.25) is 0 Å². The molecule has 3 aromatic carbocycles. The average molecular weight is 488 g/mol. The maximum Gasteiger partial charge on any atom is 0.270 e. The Kier molecular flexibility index (Phi) is 6.58. The minimum absolute atomic E-state index is 0.131. The number of rotatable bonds is 8. The van der Waals surface area contributed by atoms with E-state index in [-0.39, 0.29) is 45.6 Å². The van der Waals surface area contributed by atoms with Crippen LogP contribution < -0.4 is 10.9 Å². The molecule has 0 unspecified atom stereocenters. The van der Waals surface area contributed by atoms with Crippen LogP contribution in [0.3, 0.4) is 0 Å². The highest BCUT2D eigenvalue weighted by Crippen LogP contribution is 2.27. The molecule has 0 radical (unpaired) electrons. The van der Waals surface area contributed by atoms with Crippen molar-refractivity contribution < 1.29 is 20.1 Å². The van der Waals surface area contributed by atoms with E-state index in [0.29, 0.717) is 10.8 Å². The molecule has 14 heteroatoms. The van der Waals surface area contributed by atoms with Gasteiger partial charge in [-0.25, -0.2) is 0 Å². The van der Waals surface area contributed by atoms with Crippen LogP contribution in [0.25, 0.3) is 10.8 Å².